The summed E-state index contributed by atoms with van der Waals surface area (Å²) < 4.78 is 1.91. The molecule has 0 fully saturated rings. The minimum Gasteiger partial charge on any atom is -0.450 e. The van der Waals surface area contributed by atoms with Crippen molar-refractivity contribution in [2.45, 2.75) is 0 Å². The van der Waals surface area contributed by atoms with E-state index in [2.05, 4.69) is 0 Å². The van der Waals surface area contributed by atoms with Crippen molar-refractivity contribution >= 4 is 12.9 Å². The highest BCUT2D eigenvalue weighted by atomic mass is 16.2. The van der Waals surface area contributed by atoms with E-state index in [9.17, 15) is 0 Å². The molecule has 3 heteroatoms. The Balaban J connectivity index is 2.88. The van der Waals surface area contributed by atoms with Crippen LogP contribution in [0, 0.1) is 0 Å². The Labute approximate surface area is 55.0 Å². The molecular formula is C6H8BNO+. The van der Waals surface area contributed by atoms with Gasteiger partial charge in [-0.15, -0.1) is 0 Å². The molecule has 0 bridgehead atoms. The van der Waals surface area contributed by atoms with Gasteiger partial charge in [0.15, 0.2) is 12.4 Å². The molecule has 2 nitrogen and oxygen atoms in total. The molecule has 0 amide bonds. The van der Waals surface area contributed by atoms with E-state index < -0.39 is 0 Å². The van der Waals surface area contributed by atoms with E-state index in [0.29, 0.717) is 0 Å². The molecule has 0 aromatic carbocycles. The lowest BCUT2D eigenvalue weighted by Crippen LogP contribution is -2.29. The van der Waals surface area contributed by atoms with E-state index >= 15 is 0 Å². The summed E-state index contributed by atoms with van der Waals surface area (Å²) in [5, 5.41) is 8.49. The fraction of sp³-hybridized carbons (Fsp3) is 0.167. The molecule has 1 aromatic heterocycles. The summed E-state index contributed by atoms with van der Waals surface area (Å²) in [5.74, 6) is 0. The molecule has 0 aliphatic carbocycles. The first kappa shape index (κ1) is 6.30. The van der Waals surface area contributed by atoms with Crippen molar-refractivity contribution in [1.82, 2.24) is 0 Å². The van der Waals surface area contributed by atoms with Gasteiger partial charge in [-0.1, -0.05) is 0 Å². The van der Waals surface area contributed by atoms with Crippen LogP contribution in [0.15, 0.2) is 24.5 Å². The molecule has 1 heterocycles. The first-order valence-corrected chi connectivity index (χ1v) is 2.75. The lowest BCUT2D eigenvalue weighted by molar-refractivity contribution is -0.671. The molecule has 9 heavy (non-hydrogen) atoms. The van der Waals surface area contributed by atoms with E-state index in [1.54, 1.807) is 0 Å². The lowest BCUT2D eigenvalue weighted by atomic mass is 9.90. The maximum absolute atomic E-state index is 8.49. The zero-order valence-corrected chi connectivity index (χ0v) is 5.28. The Bertz CT molecular complexity index is 185. The zero-order valence-electron chi connectivity index (χ0n) is 5.28. The fourth-order valence-corrected chi connectivity index (χ4v) is 0.599. The van der Waals surface area contributed by atoms with Crippen LogP contribution in [0.1, 0.15) is 0 Å². The van der Waals surface area contributed by atoms with Crippen LogP contribution in [0.3, 0.4) is 0 Å². The normalized spacial score (nSPS) is 9.11. The Kier molecular flexibility index (Phi) is 1.85. The highest BCUT2D eigenvalue weighted by molar-refractivity contribution is 6.45. The topological polar surface area (TPSA) is 24.1 Å². The van der Waals surface area contributed by atoms with E-state index in [1.807, 2.05) is 36.1 Å². The minimum absolute atomic E-state index is 0.827. The Morgan fingerprint density at radius 3 is 2.44 bits per heavy atom. The van der Waals surface area contributed by atoms with Crippen molar-refractivity contribution in [1.29, 1.82) is 0 Å². The van der Waals surface area contributed by atoms with Crippen LogP contribution in [0.25, 0.3) is 0 Å². The summed E-state index contributed by atoms with van der Waals surface area (Å²) >= 11 is 0. The molecule has 1 rings (SSSR count). The summed E-state index contributed by atoms with van der Waals surface area (Å²) in [5.41, 5.74) is 0.827. The maximum Gasteiger partial charge on any atom is 0.327 e. The number of nitrogens with zero attached hydrogens (tertiary/aromatic N) is 1. The summed E-state index contributed by atoms with van der Waals surface area (Å²) in [7, 11) is 3.02. The SMILES string of the molecule is C[n+]1ccc([B]O)cc1. The summed E-state index contributed by atoms with van der Waals surface area (Å²) in [6.07, 6.45) is 3.75. The third kappa shape index (κ3) is 1.54. The van der Waals surface area contributed by atoms with Gasteiger partial charge >= 0.3 is 7.48 Å². The molecule has 45 valence electrons. The smallest absolute Gasteiger partial charge is 0.327 e. The van der Waals surface area contributed by atoms with Crippen LogP contribution in [0.5, 0.6) is 0 Å². The van der Waals surface area contributed by atoms with Crippen LogP contribution < -0.4 is 10.0 Å². The average molecular weight is 121 g/mol. The number of hydrogen-bond acceptors (Lipinski definition) is 1. The van der Waals surface area contributed by atoms with Crippen molar-refractivity contribution in [2.24, 2.45) is 7.05 Å². The van der Waals surface area contributed by atoms with Crippen molar-refractivity contribution in [3.05, 3.63) is 24.5 Å². The number of aryl methyl sites for hydroxylation is 1. The van der Waals surface area contributed by atoms with E-state index in [4.69, 9.17) is 5.02 Å². The van der Waals surface area contributed by atoms with E-state index in [-0.39, 0.29) is 0 Å². The second kappa shape index (κ2) is 2.64. The third-order valence-electron chi connectivity index (χ3n) is 1.15. The molecule has 0 saturated heterocycles. The average Bonchev–Trinajstić information content (AvgIpc) is 1.90. The lowest BCUT2D eigenvalue weighted by Gasteiger charge is -1.88. The number of pyridine rings is 1. The van der Waals surface area contributed by atoms with Gasteiger partial charge in [0.25, 0.3) is 0 Å². The Hall–Kier alpha value is -0.825. The summed E-state index contributed by atoms with van der Waals surface area (Å²) in [6.45, 7) is 0. The molecule has 1 aromatic rings. The number of rotatable bonds is 1. The quantitative estimate of drug-likeness (QED) is 0.364. The zero-order chi connectivity index (χ0) is 6.69. The van der Waals surface area contributed by atoms with E-state index in [1.165, 1.54) is 0 Å². The van der Waals surface area contributed by atoms with Crippen LogP contribution in [-0.4, -0.2) is 12.5 Å². The van der Waals surface area contributed by atoms with Gasteiger partial charge in [-0.25, -0.2) is 4.57 Å². The monoisotopic (exact) mass is 121 g/mol. The molecular weight excluding hydrogens is 113 g/mol. The second-order valence-corrected chi connectivity index (χ2v) is 1.93. The summed E-state index contributed by atoms with van der Waals surface area (Å²) in [4.78, 5) is 0. The number of aromatic nitrogens is 1. The first-order chi connectivity index (χ1) is 4.33. The van der Waals surface area contributed by atoms with Gasteiger partial charge in [-0.05, 0) is 17.6 Å². The predicted molar refractivity (Wildman–Crippen MR) is 35.2 cm³/mol. The largest absolute Gasteiger partial charge is 0.450 e. The number of hydrogen-bond donors (Lipinski definition) is 1. The maximum atomic E-state index is 8.49. The van der Waals surface area contributed by atoms with Gasteiger partial charge in [0.2, 0.25) is 0 Å². The molecule has 0 atom stereocenters. The van der Waals surface area contributed by atoms with Gasteiger partial charge < -0.3 is 5.02 Å². The van der Waals surface area contributed by atoms with Gasteiger partial charge in [0.05, 0.1) is 0 Å². The van der Waals surface area contributed by atoms with Gasteiger partial charge in [-0.2, -0.15) is 0 Å². The van der Waals surface area contributed by atoms with Gasteiger partial charge in [-0.3, -0.25) is 0 Å². The van der Waals surface area contributed by atoms with E-state index in [0.717, 1.165) is 12.9 Å². The molecule has 1 N–H and O–H groups in total. The third-order valence-corrected chi connectivity index (χ3v) is 1.15. The van der Waals surface area contributed by atoms with Crippen molar-refractivity contribution in [2.75, 3.05) is 0 Å². The van der Waals surface area contributed by atoms with Gasteiger partial charge in [0, 0.05) is 0 Å². The Morgan fingerprint density at radius 2 is 2.00 bits per heavy atom. The second-order valence-electron chi connectivity index (χ2n) is 1.93. The molecule has 0 saturated carbocycles. The Morgan fingerprint density at radius 1 is 1.44 bits per heavy atom. The molecule has 0 aliphatic rings. The standard InChI is InChI=1S/C6H8BNO/c1-8-4-2-6(7-9)3-5-8/h2-5,9H,1H3/q+1. The first-order valence-electron chi connectivity index (χ1n) is 2.75. The highest BCUT2D eigenvalue weighted by Crippen LogP contribution is 1.70. The summed E-state index contributed by atoms with van der Waals surface area (Å²) in [6, 6.07) is 3.67. The fourth-order valence-electron chi connectivity index (χ4n) is 0.599. The highest BCUT2D eigenvalue weighted by Gasteiger charge is 1.93. The van der Waals surface area contributed by atoms with Crippen LogP contribution in [-0.2, 0) is 7.05 Å². The van der Waals surface area contributed by atoms with Crippen molar-refractivity contribution < 1.29 is 9.59 Å². The molecule has 0 aliphatic heterocycles. The van der Waals surface area contributed by atoms with Crippen LogP contribution in [0.4, 0.5) is 0 Å². The predicted octanol–water partition coefficient (Wildman–Crippen LogP) is -1.25. The van der Waals surface area contributed by atoms with Crippen molar-refractivity contribution in [3.63, 3.8) is 0 Å². The van der Waals surface area contributed by atoms with Crippen LogP contribution in [0.2, 0.25) is 0 Å². The molecule has 0 spiro atoms. The van der Waals surface area contributed by atoms with Crippen LogP contribution >= 0.6 is 0 Å². The molecule has 0 unspecified atom stereocenters. The van der Waals surface area contributed by atoms with Gasteiger partial charge in [0.1, 0.15) is 7.05 Å². The molecule has 1 radical (unpaired) electrons. The van der Waals surface area contributed by atoms with Crippen molar-refractivity contribution in [3.8, 4) is 0 Å². The minimum atomic E-state index is 0.827.